The molecule has 2 rings (SSSR count). The van der Waals surface area contributed by atoms with E-state index in [1.54, 1.807) is 0 Å². The first kappa shape index (κ1) is 10.7. The molecule has 1 aromatic heterocycles. The van der Waals surface area contributed by atoms with Gasteiger partial charge in [0.15, 0.2) is 0 Å². The van der Waals surface area contributed by atoms with E-state index in [1.807, 2.05) is 6.92 Å². The number of alkyl halides is 3. The molecule has 1 heterocycles. The minimum absolute atomic E-state index is 0.180. The lowest BCUT2D eigenvalue weighted by molar-refractivity contribution is -0.138. The number of nitrogens with zero attached hydrogens (tertiary/aromatic N) is 2. The van der Waals surface area contributed by atoms with Crippen LogP contribution in [0.5, 0.6) is 0 Å². The van der Waals surface area contributed by atoms with E-state index < -0.39 is 11.2 Å². The predicted molar refractivity (Wildman–Crippen MR) is 50.7 cm³/mol. The molecule has 1 aromatic rings. The molecule has 0 aliphatic heterocycles. The lowest BCUT2D eigenvalue weighted by atomic mass is 10.2. The third-order valence-corrected chi connectivity index (χ3v) is 3.25. The van der Waals surface area contributed by atoms with Gasteiger partial charge in [-0.25, -0.2) is 0 Å². The Hall–Kier alpha value is -0.850. The highest BCUT2D eigenvalue weighted by Gasteiger charge is 2.36. The summed E-state index contributed by atoms with van der Waals surface area (Å²) in [5.41, 5.74) is 0. The summed E-state index contributed by atoms with van der Waals surface area (Å²) in [6, 6.07) is 0.180. The fourth-order valence-electron chi connectivity index (χ4n) is 1.30. The average molecular weight is 237 g/mol. The summed E-state index contributed by atoms with van der Waals surface area (Å²) in [6.45, 7) is 1.95. The summed E-state index contributed by atoms with van der Waals surface area (Å²) in [7, 11) is 0. The van der Waals surface area contributed by atoms with Crippen LogP contribution in [0.4, 0.5) is 18.3 Å². The predicted octanol–water partition coefficient (Wildman–Crippen LogP) is 2.77. The van der Waals surface area contributed by atoms with Gasteiger partial charge in [0.2, 0.25) is 10.1 Å². The molecule has 7 heteroatoms. The monoisotopic (exact) mass is 237 g/mol. The second-order valence-electron chi connectivity index (χ2n) is 3.68. The SMILES string of the molecule is CC(Nc1nnc(C(F)(F)F)s1)C1CC1. The molecule has 1 atom stereocenters. The highest BCUT2D eigenvalue weighted by molar-refractivity contribution is 7.15. The number of nitrogens with one attached hydrogen (secondary N) is 1. The minimum atomic E-state index is -4.39. The van der Waals surface area contributed by atoms with E-state index >= 15 is 0 Å². The van der Waals surface area contributed by atoms with Crippen LogP contribution in [0.1, 0.15) is 24.8 Å². The van der Waals surface area contributed by atoms with Gasteiger partial charge in [-0.15, -0.1) is 10.2 Å². The maximum absolute atomic E-state index is 12.2. The molecule has 15 heavy (non-hydrogen) atoms. The van der Waals surface area contributed by atoms with Crippen molar-refractivity contribution in [2.45, 2.75) is 32.0 Å². The van der Waals surface area contributed by atoms with Gasteiger partial charge in [-0.3, -0.25) is 0 Å². The van der Waals surface area contributed by atoms with Gasteiger partial charge in [0, 0.05) is 6.04 Å². The Morgan fingerprint density at radius 2 is 2.07 bits per heavy atom. The van der Waals surface area contributed by atoms with Crippen LogP contribution in [0.25, 0.3) is 0 Å². The number of hydrogen-bond donors (Lipinski definition) is 1. The Kier molecular flexibility index (Phi) is 2.57. The van der Waals surface area contributed by atoms with Crippen LogP contribution in [-0.4, -0.2) is 16.2 Å². The Morgan fingerprint density at radius 3 is 2.53 bits per heavy atom. The number of halogens is 3. The molecule has 1 aliphatic rings. The maximum Gasteiger partial charge on any atom is 0.445 e. The molecule has 84 valence electrons. The van der Waals surface area contributed by atoms with Gasteiger partial charge in [0.05, 0.1) is 0 Å². The van der Waals surface area contributed by atoms with Gasteiger partial charge in [-0.1, -0.05) is 11.3 Å². The van der Waals surface area contributed by atoms with Crippen LogP contribution in [0.2, 0.25) is 0 Å². The molecular weight excluding hydrogens is 227 g/mol. The van der Waals surface area contributed by atoms with Gasteiger partial charge >= 0.3 is 6.18 Å². The zero-order valence-corrected chi connectivity index (χ0v) is 8.82. The van der Waals surface area contributed by atoms with Crippen molar-refractivity contribution in [3.63, 3.8) is 0 Å². The molecule has 0 amide bonds. The molecule has 3 nitrogen and oxygen atoms in total. The normalized spacial score (nSPS) is 18.9. The van der Waals surface area contributed by atoms with Crippen LogP contribution in [-0.2, 0) is 6.18 Å². The van der Waals surface area contributed by atoms with Gasteiger partial charge < -0.3 is 5.32 Å². The smallest absolute Gasteiger partial charge is 0.357 e. The van der Waals surface area contributed by atoms with Crippen molar-refractivity contribution in [3.05, 3.63) is 5.01 Å². The zero-order valence-electron chi connectivity index (χ0n) is 8.01. The highest BCUT2D eigenvalue weighted by Crippen LogP contribution is 2.36. The van der Waals surface area contributed by atoms with Gasteiger partial charge in [0.1, 0.15) is 0 Å². The van der Waals surface area contributed by atoms with Crippen molar-refractivity contribution in [2.24, 2.45) is 5.92 Å². The molecular formula is C8H10F3N3S. The first-order valence-corrected chi connectivity index (χ1v) is 5.45. The molecule has 1 unspecified atom stereocenters. The molecule has 1 N–H and O–H groups in total. The van der Waals surface area contributed by atoms with Crippen LogP contribution in [0.3, 0.4) is 0 Å². The fourth-order valence-corrected chi connectivity index (χ4v) is 2.01. The summed E-state index contributed by atoms with van der Waals surface area (Å²) in [4.78, 5) is 0. The number of aromatic nitrogens is 2. The molecule has 0 spiro atoms. The summed E-state index contributed by atoms with van der Waals surface area (Å²) >= 11 is 0.555. The summed E-state index contributed by atoms with van der Waals surface area (Å²) in [5.74, 6) is 0.572. The lowest BCUT2D eigenvalue weighted by Gasteiger charge is -2.09. The topological polar surface area (TPSA) is 37.8 Å². The number of anilines is 1. The van der Waals surface area contributed by atoms with E-state index in [9.17, 15) is 13.2 Å². The van der Waals surface area contributed by atoms with E-state index in [4.69, 9.17) is 0 Å². The van der Waals surface area contributed by atoms with Crippen LogP contribution in [0, 0.1) is 5.92 Å². The number of rotatable bonds is 3. The molecule has 1 aliphatic carbocycles. The van der Waals surface area contributed by atoms with Gasteiger partial charge in [-0.2, -0.15) is 13.2 Å². The van der Waals surface area contributed by atoms with Crippen LogP contribution < -0.4 is 5.32 Å². The van der Waals surface area contributed by atoms with Crippen LogP contribution in [0.15, 0.2) is 0 Å². The van der Waals surface area contributed by atoms with Gasteiger partial charge in [-0.05, 0) is 25.7 Å². The van der Waals surface area contributed by atoms with E-state index in [-0.39, 0.29) is 11.2 Å². The largest absolute Gasteiger partial charge is 0.445 e. The lowest BCUT2D eigenvalue weighted by Crippen LogP contribution is -2.16. The quantitative estimate of drug-likeness (QED) is 0.878. The maximum atomic E-state index is 12.2. The Labute approximate surface area is 88.7 Å². The third kappa shape index (κ3) is 2.58. The molecule has 0 bridgehead atoms. The van der Waals surface area contributed by atoms with E-state index in [0.29, 0.717) is 17.3 Å². The molecule has 0 radical (unpaired) electrons. The average Bonchev–Trinajstić information content (AvgIpc) is 2.86. The minimum Gasteiger partial charge on any atom is -0.357 e. The van der Waals surface area contributed by atoms with E-state index in [1.165, 1.54) is 0 Å². The van der Waals surface area contributed by atoms with E-state index in [2.05, 4.69) is 15.5 Å². The van der Waals surface area contributed by atoms with Crippen LogP contribution >= 0.6 is 11.3 Å². The third-order valence-electron chi connectivity index (χ3n) is 2.35. The molecule has 0 aromatic carbocycles. The summed E-state index contributed by atoms with van der Waals surface area (Å²) < 4.78 is 36.6. The Morgan fingerprint density at radius 1 is 1.40 bits per heavy atom. The Bertz CT molecular complexity index is 345. The first-order chi connectivity index (χ1) is 6.97. The van der Waals surface area contributed by atoms with E-state index in [0.717, 1.165) is 12.8 Å². The summed E-state index contributed by atoms with van der Waals surface area (Å²) in [6.07, 6.45) is -2.11. The van der Waals surface area contributed by atoms with Crippen molar-refractivity contribution >= 4 is 16.5 Å². The summed E-state index contributed by atoms with van der Waals surface area (Å²) in [5, 5.41) is 8.87. The zero-order chi connectivity index (χ0) is 11.1. The first-order valence-electron chi connectivity index (χ1n) is 4.64. The molecule has 1 saturated carbocycles. The Balaban J connectivity index is 2.00. The molecule has 0 saturated heterocycles. The van der Waals surface area contributed by atoms with Crippen molar-refractivity contribution in [3.8, 4) is 0 Å². The second-order valence-corrected chi connectivity index (χ2v) is 4.66. The standard InChI is InChI=1S/C8H10F3N3S/c1-4(5-2-3-5)12-7-14-13-6(15-7)8(9,10)11/h4-5H,2-3H2,1H3,(H,12,14). The molecule has 1 fully saturated rings. The van der Waals surface area contributed by atoms with Crippen molar-refractivity contribution in [1.82, 2.24) is 10.2 Å². The fraction of sp³-hybridized carbons (Fsp3) is 0.750. The highest BCUT2D eigenvalue weighted by atomic mass is 32.1. The van der Waals surface area contributed by atoms with Crippen molar-refractivity contribution in [1.29, 1.82) is 0 Å². The van der Waals surface area contributed by atoms with Crippen molar-refractivity contribution in [2.75, 3.05) is 5.32 Å². The van der Waals surface area contributed by atoms with Gasteiger partial charge in [0.25, 0.3) is 0 Å². The van der Waals surface area contributed by atoms with Crippen molar-refractivity contribution < 1.29 is 13.2 Å². The number of hydrogen-bond acceptors (Lipinski definition) is 4. The second kappa shape index (κ2) is 3.62.